The average molecular weight is 332 g/mol. The molecular weight excluding hydrogens is 312 g/mol. The smallest absolute Gasteiger partial charge is 0.409 e. The van der Waals surface area contributed by atoms with Gasteiger partial charge in [-0.25, -0.2) is 9.59 Å². The quantitative estimate of drug-likeness (QED) is 0.785. The lowest BCUT2D eigenvalue weighted by molar-refractivity contribution is 0.0861. The number of amides is 2. The number of rotatable bonds is 3. The summed E-state index contributed by atoms with van der Waals surface area (Å²) >= 11 is 0. The zero-order valence-electron chi connectivity index (χ0n) is 13.4. The maximum Gasteiger partial charge on any atom is 0.409 e. The number of ether oxygens (including phenoxy) is 1. The minimum atomic E-state index is -0.340. The molecule has 0 bridgehead atoms. The van der Waals surface area contributed by atoms with Gasteiger partial charge in [-0.15, -0.1) is 0 Å². The van der Waals surface area contributed by atoms with Crippen LogP contribution in [-0.2, 0) is 4.74 Å². The van der Waals surface area contributed by atoms with Gasteiger partial charge in [-0.05, 0) is 31.9 Å². The van der Waals surface area contributed by atoms with Crippen LogP contribution in [0.4, 0.5) is 4.79 Å². The molecule has 128 valence electrons. The minimum Gasteiger partial charge on any atom is -0.450 e. The fourth-order valence-electron chi connectivity index (χ4n) is 2.93. The van der Waals surface area contributed by atoms with E-state index in [0.717, 1.165) is 0 Å². The molecule has 8 nitrogen and oxygen atoms in total. The summed E-state index contributed by atoms with van der Waals surface area (Å²) in [5.74, 6) is -0.231. The van der Waals surface area contributed by atoms with Crippen molar-refractivity contribution in [2.24, 2.45) is 0 Å². The van der Waals surface area contributed by atoms with Gasteiger partial charge in [0.2, 0.25) is 0 Å². The van der Waals surface area contributed by atoms with Crippen molar-refractivity contribution in [2.75, 3.05) is 19.7 Å². The number of hydrogen-bond donors (Lipinski definition) is 3. The Kier molecular flexibility index (Phi) is 4.54. The zero-order valence-corrected chi connectivity index (χ0v) is 13.4. The summed E-state index contributed by atoms with van der Waals surface area (Å²) in [5, 5.41) is 2.97. The second kappa shape index (κ2) is 6.77. The molecule has 1 aromatic carbocycles. The fraction of sp³-hybridized carbons (Fsp3) is 0.438. The van der Waals surface area contributed by atoms with Crippen LogP contribution >= 0.6 is 0 Å². The number of aromatic nitrogens is 2. The standard InChI is InChI=1S/C16H20N4O4/c1-2-24-16(23)20-8-6-10(7-9-20)17-14(21)11-4-3-5-12-13(11)19-15(22)18-12/h3-5,10H,2,6-9H2,1H3,(H,17,21)(H2,18,19,22). The summed E-state index contributed by atoms with van der Waals surface area (Å²) in [7, 11) is 0. The summed E-state index contributed by atoms with van der Waals surface area (Å²) in [6.07, 6.45) is 1.03. The highest BCUT2D eigenvalue weighted by molar-refractivity contribution is 6.04. The molecule has 1 saturated heterocycles. The van der Waals surface area contributed by atoms with Gasteiger partial charge in [-0.3, -0.25) is 4.79 Å². The number of benzene rings is 1. The number of aromatic amines is 2. The first-order chi connectivity index (χ1) is 11.6. The summed E-state index contributed by atoms with van der Waals surface area (Å²) in [4.78, 5) is 42.5. The third-order valence-electron chi connectivity index (χ3n) is 4.15. The van der Waals surface area contributed by atoms with Gasteiger partial charge < -0.3 is 24.9 Å². The number of piperidine rings is 1. The van der Waals surface area contributed by atoms with Crippen LogP contribution in [0.5, 0.6) is 0 Å². The SMILES string of the molecule is CCOC(=O)N1CCC(NC(=O)c2cccc3[nH]c(=O)[nH]c23)CC1. The molecule has 24 heavy (non-hydrogen) atoms. The molecular formula is C16H20N4O4. The second-order valence-corrected chi connectivity index (χ2v) is 5.74. The molecule has 0 radical (unpaired) electrons. The van der Waals surface area contributed by atoms with E-state index in [1.54, 1.807) is 30.0 Å². The van der Waals surface area contributed by atoms with E-state index in [1.165, 1.54) is 0 Å². The summed E-state index contributed by atoms with van der Waals surface area (Å²) < 4.78 is 4.98. The average Bonchev–Trinajstić information content (AvgIpc) is 2.95. The Morgan fingerprint density at radius 1 is 1.29 bits per heavy atom. The van der Waals surface area contributed by atoms with Crippen LogP contribution < -0.4 is 11.0 Å². The number of H-pyrrole nitrogens is 2. The number of hydrogen-bond acceptors (Lipinski definition) is 4. The Balaban J connectivity index is 1.63. The van der Waals surface area contributed by atoms with E-state index in [9.17, 15) is 14.4 Å². The summed E-state index contributed by atoms with van der Waals surface area (Å²) in [5.41, 5.74) is 1.19. The van der Waals surface area contributed by atoms with E-state index in [0.29, 0.717) is 49.1 Å². The largest absolute Gasteiger partial charge is 0.450 e. The van der Waals surface area contributed by atoms with Crippen molar-refractivity contribution in [1.29, 1.82) is 0 Å². The number of nitrogens with zero attached hydrogens (tertiary/aromatic N) is 1. The first-order valence-electron chi connectivity index (χ1n) is 8.02. The van der Waals surface area contributed by atoms with E-state index in [-0.39, 0.29) is 23.7 Å². The maximum absolute atomic E-state index is 12.5. The highest BCUT2D eigenvalue weighted by atomic mass is 16.6. The van der Waals surface area contributed by atoms with Crippen LogP contribution in [0.1, 0.15) is 30.1 Å². The van der Waals surface area contributed by atoms with E-state index in [2.05, 4.69) is 15.3 Å². The predicted molar refractivity (Wildman–Crippen MR) is 88.0 cm³/mol. The number of para-hydroxylation sites is 1. The van der Waals surface area contributed by atoms with Crippen LogP contribution in [0.2, 0.25) is 0 Å². The van der Waals surface area contributed by atoms with Crippen LogP contribution in [0.3, 0.4) is 0 Å². The maximum atomic E-state index is 12.5. The van der Waals surface area contributed by atoms with Crippen molar-refractivity contribution in [1.82, 2.24) is 20.2 Å². The Labute approximate surface area is 138 Å². The van der Waals surface area contributed by atoms with Crippen LogP contribution in [0, 0.1) is 0 Å². The lowest BCUT2D eigenvalue weighted by atomic mass is 10.0. The van der Waals surface area contributed by atoms with Gasteiger partial charge >= 0.3 is 11.8 Å². The second-order valence-electron chi connectivity index (χ2n) is 5.74. The summed E-state index contributed by atoms with van der Waals surface area (Å²) in [6, 6.07) is 5.13. The normalized spacial score (nSPS) is 15.5. The Morgan fingerprint density at radius 3 is 2.75 bits per heavy atom. The van der Waals surface area contributed by atoms with Gasteiger partial charge in [0.25, 0.3) is 5.91 Å². The number of carbonyl (C=O) groups excluding carboxylic acids is 2. The molecule has 1 aliphatic rings. The fourth-order valence-corrected chi connectivity index (χ4v) is 2.93. The molecule has 2 amide bonds. The Hall–Kier alpha value is -2.77. The number of nitrogens with one attached hydrogen (secondary N) is 3. The molecule has 1 aliphatic heterocycles. The van der Waals surface area contributed by atoms with E-state index < -0.39 is 0 Å². The van der Waals surface area contributed by atoms with Gasteiger partial charge in [0, 0.05) is 19.1 Å². The van der Waals surface area contributed by atoms with E-state index in [1.807, 2.05) is 0 Å². The zero-order chi connectivity index (χ0) is 17.1. The van der Waals surface area contributed by atoms with Crippen molar-refractivity contribution >= 4 is 23.0 Å². The molecule has 8 heteroatoms. The third-order valence-corrected chi connectivity index (χ3v) is 4.15. The topological polar surface area (TPSA) is 107 Å². The van der Waals surface area contributed by atoms with E-state index >= 15 is 0 Å². The highest BCUT2D eigenvalue weighted by Gasteiger charge is 2.25. The number of carbonyl (C=O) groups is 2. The molecule has 0 aliphatic carbocycles. The Morgan fingerprint density at radius 2 is 2.04 bits per heavy atom. The van der Waals surface area contributed by atoms with Crippen LogP contribution in [0.25, 0.3) is 11.0 Å². The minimum absolute atomic E-state index is 0.0101. The monoisotopic (exact) mass is 332 g/mol. The molecule has 0 spiro atoms. The Bertz CT molecular complexity index is 802. The van der Waals surface area contributed by atoms with Crippen molar-refractivity contribution in [3.8, 4) is 0 Å². The highest BCUT2D eigenvalue weighted by Crippen LogP contribution is 2.16. The first-order valence-corrected chi connectivity index (χ1v) is 8.02. The molecule has 2 heterocycles. The molecule has 3 rings (SSSR count). The van der Waals surface area contributed by atoms with Gasteiger partial charge in [-0.1, -0.05) is 6.07 Å². The lowest BCUT2D eigenvalue weighted by Gasteiger charge is -2.31. The van der Waals surface area contributed by atoms with Gasteiger partial charge in [-0.2, -0.15) is 0 Å². The number of fused-ring (bicyclic) bond motifs is 1. The molecule has 0 atom stereocenters. The van der Waals surface area contributed by atoms with Gasteiger partial charge in [0.05, 0.1) is 23.2 Å². The predicted octanol–water partition coefficient (Wildman–Crippen LogP) is 1.21. The first kappa shape index (κ1) is 16.1. The van der Waals surface area contributed by atoms with Gasteiger partial charge in [0.15, 0.2) is 0 Å². The van der Waals surface area contributed by atoms with Crippen molar-refractivity contribution in [2.45, 2.75) is 25.8 Å². The van der Waals surface area contributed by atoms with Crippen molar-refractivity contribution < 1.29 is 14.3 Å². The number of imidazole rings is 1. The number of likely N-dealkylation sites (tertiary alicyclic amines) is 1. The summed E-state index contributed by atoms with van der Waals surface area (Å²) in [6.45, 7) is 3.23. The molecule has 1 aromatic heterocycles. The van der Waals surface area contributed by atoms with E-state index in [4.69, 9.17) is 4.74 Å². The van der Waals surface area contributed by atoms with Crippen molar-refractivity contribution in [3.63, 3.8) is 0 Å². The van der Waals surface area contributed by atoms with Gasteiger partial charge in [0.1, 0.15) is 0 Å². The molecule has 1 fully saturated rings. The molecule has 0 unspecified atom stereocenters. The molecule has 3 N–H and O–H groups in total. The lowest BCUT2D eigenvalue weighted by Crippen LogP contribution is -2.46. The molecule has 2 aromatic rings. The molecule has 0 saturated carbocycles. The van der Waals surface area contributed by atoms with Crippen LogP contribution in [-0.4, -0.2) is 52.6 Å². The van der Waals surface area contributed by atoms with Crippen LogP contribution in [0.15, 0.2) is 23.0 Å². The third kappa shape index (κ3) is 3.27. The van der Waals surface area contributed by atoms with Crippen molar-refractivity contribution in [3.05, 3.63) is 34.2 Å².